The van der Waals surface area contributed by atoms with Gasteiger partial charge in [-0.05, 0) is 29.7 Å². The van der Waals surface area contributed by atoms with Crippen LogP contribution in [0.4, 0.5) is 11.9 Å². The Kier molecular flexibility index (Phi) is 6.57. The quantitative estimate of drug-likeness (QED) is 0.501. The van der Waals surface area contributed by atoms with E-state index < -0.39 is 0 Å². The summed E-state index contributed by atoms with van der Waals surface area (Å²) in [5, 5.41) is 29.6. The number of phenolic OH excluding ortho intramolecular Hbond substituents is 1. The van der Waals surface area contributed by atoms with Crippen LogP contribution in [0.1, 0.15) is 17.2 Å². The number of anilines is 2. The molecule has 1 atom stereocenters. The van der Waals surface area contributed by atoms with Gasteiger partial charge < -0.3 is 25.1 Å². The molecular formula is C25H30N6O3. The van der Waals surface area contributed by atoms with Crippen molar-refractivity contribution in [3.8, 4) is 17.1 Å². The van der Waals surface area contributed by atoms with E-state index in [0.29, 0.717) is 36.4 Å². The van der Waals surface area contributed by atoms with Crippen molar-refractivity contribution in [2.45, 2.75) is 12.5 Å². The minimum Gasteiger partial charge on any atom is -0.508 e. The Bertz CT molecular complexity index is 1140. The van der Waals surface area contributed by atoms with Gasteiger partial charge in [-0.1, -0.05) is 36.4 Å². The van der Waals surface area contributed by atoms with Crippen molar-refractivity contribution in [1.82, 2.24) is 19.9 Å². The van der Waals surface area contributed by atoms with E-state index in [1.165, 1.54) is 5.56 Å². The summed E-state index contributed by atoms with van der Waals surface area (Å²) >= 11 is 0. The molecule has 2 aliphatic heterocycles. The van der Waals surface area contributed by atoms with E-state index in [9.17, 15) is 15.3 Å². The van der Waals surface area contributed by atoms with Crippen LogP contribution in [0.5, 0.6) is 5.75 Å². The molecule has 0 saturated carbocycles. The van der Waals surface area contributed by atoms with Gasteiger partial charge in [0.25, 0.3) is 0 Å². The number of aliphatic hydroxyl groups is 2. The van der Waals surface area contributed by atoms with Crippen LogP contribution in [0.2, 0.25) is 0 Å². The fourth-order valence-electron chi connectivity index (χ4n) is 4.80. The molecule has 1 fully saturated rings. The fourth-order valence-corrected chi connectivity index (χ4v) is 4.80. The number of rotatable bonds is 6. The highest BCUT2D eigenvalue weighted by molar-refractivity contribution is 5.61. The zero-order valence-corrected chi connectivity index (χ0v) is 19.1. The van der Waals surface area contributed by atoms with Gasteiger partial charge in [-0.15, -0.1) is 0 Å². The zero-order chi connectivity index (χ0) is 23.5. The Balaban J connectivity index is 1.53. The molecule has 9 heteroatoms. The Labute approximate surface area is 199 Å². The second kappa shape index (κ2) is 9.92. The number of piperazine rings is 1. The Hall–Kier alpha value is -3.27. The third kappa shape index (κ3) is 4.54. The lowest BCUT2D eigenvalue weighted by atomic mass is 9.93. The van der Waals surface area contributed by atoms with Crippen molar-refractivity contribution in [2.75, 3.05) is 62.3 Å². The monoisotopic (exact) mass is 462 g/mol. The molecule has 0 bridgehead atoms. The summed E-state index contributed by atoms with van der Waals surface area (Å²) in [5.41, 5.74) is 3.04. The number of aromatic hydroxyl groups is 1. The van der Waals surface area contributed by atoms with E-state index in [4.69, 9.17) is 15.0 Å². The normalized spacial score (nSPS) is 18.7. The molecular weight excluding hydrogens is 432 g/mol. The third-order valence-corrected chi connectivity index (χ3v) is 6.63. The number of β-amino-alcohol motifs (C(OH)–C–C–N with tert-alkyl or cyclic N) is 1. The molecule has 3 N–H and O–H groups in total. The minimum atomic E-state index is -0.237. The highest BCUT2D eigenvalue weighted by Gasteiger charge is 2.30. The van der Waals surface area contributed by atoms with E-state index in [0.717, 1.165) is 38.2 Å². The maximum atomic E-state index is 10.3. The first kappa shape index (κ1) is 22.5. The molecule has 1 saturated heterocycles. The first-order valence-electron chi connectivity index (χ1n) is 11.7. The molecule has 2 aliphatic rings. The first-order chi connectivity index (χ1) is 16.7. The number of fused-ring (bicyclic) bond motifs is 1. The maximum absolute atomic E-state index is 10.3. The first-order valence-corrected chi connectivity index (χ1v) is 11.7. The van der Waals surface area contributed by atoms with Gasteiger partial charge in [0.15, 0.2) is 5.82 Å². The van der Waals surface area contributed by atoms with Crippen LogP contribution >= 0.6 is 0 Å². The van der Waals surface area contributed by atoms with E-state index in [2.05, 4.69) is 26.8 Å². The number of hydrogen-bond acceptors (Lipinski definition) is 9. The van der Waals surface area contributed by atoms with Crippen LogP contribution < -0.4 is 9.80 Å². The molecule has 34 heavy (non-hydrogen) atoms. The van der Waals surface area contributed by atoms with Crippen LogP contribution in [-0.2, 0) is 6.42 Å². The molecule has 0 aliphatic carbocycles. The lowest BCUT2D eigenvalue weighted by molar-refractivity contribution is 0.188. The van der Waals surface area contributed by atoms with Crippen LogP contribution in [0.3, 0.4) is 0 Å². The Morgan fingerprint density at radius 2 is 1.65 bits per heavy atom. The summed E-state index contributed by atoms with van der Waals surface area (Å²) in [7, 11) is 0. The molecule has 3 aromatic rings. The molecule has 1 unspecified atom stereocenters. The molecule has 3 heterocycles. The van der Waals surface area contributed by atoms with Gasteiger partial charge in [-0.3, -0.25) is 4.90 Å². The third-order valence-electron chi connectivity index (χ3n) is 6.63. The molecule has 9 nitrogen and oxygen atoms in total. The molecule has 0 spiro atoms. The highest BCUT2D eigenvalue weighted by Crippen LogP contribution is 2.33. The average Bonchev–Trinajstić information content (AvgIpc) is 2.88. The molecule has 178 valence electrons. The molecule has 0 radical (unpaired) electrons. The van der Waals surface area contributed by atoms with Crippen LogP contribution in [0.25, 0.3) is 11.4 Å². The zero-order valence-electron chi connectivity index (χ0n) is 19.1. The van der Waals surface area contributed by atoms with E-state index in [1.54, 1.807) is 18.2 Å². The molecule has 2 aromatic carbocycles. The molecule has 5 rings (SSSR count). The lowest BCUT2D eigenvalue weighted by Crippen LogP contribution is -2.48. The number of hydrogen-bond donors (Lipinski definition) is 3. The number of phenols is 1. The van der Waals surface area contributed by atoms with Crippen molar-refractivity contribution in [3.05, 3.63) is 59.7 Å². The second-order valence-corrected chi connectivity index (χ2v) is 8.70. The Morgan fingerprint density at radius 3 is 2.41 bits per heavy atom. The Morgan fingerprint density at radius 1 is 0.853 bits per heavy atom. The van der Waals surface area contributed by atoms with Gasteiger partial charge in [0.2, 0.25) is 11.9 Å². The predicted molar refractivity (Wildman–Crippen MR) is 130 cm³/mol. The number of aromatic nitrogens is 3. The molecule has 0 amide bonds. The number of aliphatic hydroxyl groups excluding tert-OH is 2. The SMILES string of the molecule is OCCN1CCN(c2nc(-c3cccc(O)c3)nc(N3CCc4ccccc4C3CO)n2)CC1. The topological polar surface area (TPSA) is 109 Å². The summed E-state index contributed by atoms with van der Waals surface area (Å²) in [6.45, 7) is 4.59. The molecule has 1 aromatic heterocycles. The van der Waals surface area contributed by atoms with Gasteiger partial charge in [0.05, 0.1) is 19.3 Å². The summed E-state index contributed by atoms with van der Waals surface area (Å²) in [6.07, 6.45) is 0.842. The van der Waals surface area contributed by atoms with Crippen molar-refractivity contribution >= 4 is 11.9 Å². The van der Waals surface area contributed by atoms with Crippen LogP contribution in [0.15, 0.2) is 48.5 Å². The van der Waals surface area contributed by atoms with Crippen molar-refractivity contribution in [2.24, 2.45) is 0 Å². The number of nitrogens with zero attached hydrogens (tertiary/aromatic N) is 6. The van der Waals surface area contributed by atoms with Crippen molar-refractivity contribution in [1.29, 1.82) is 0 Å². The summed E-state index contributed by atoms with van der Waals surface area (Å²) in [4.78, 5) is 20.8. The smallest absolute Gasteiger partial charge is 0.231 e. The minimum absolute atomic E-state index is 0.0423. The van der Waals surface area contributed by atoms with Crippen LogP contribution in [0, 0.1) is 0 Å². The average molecular weight is 463 g/mol. The highest BCUT2D eigenvalue weighted by atomic mass is 16.3. The van der Waals surface area contributed by atoms with Crippen LogP contribution in [-0.4, -0.2) is 87.7 Å². The second-order valence-electron chi connectivity index (χ2n) is 8.70. The van der Waals surface area contributed by atoms with Crippen molar-refractivity contribution in [3.63, 3.8) is 0 Å². The number of benzene rings is 2. The van der Waals surface area contributed by atoms with E-state index in [-0.39, 0.29) is 25.0 Å². The summed E-state index contributed by atoms with van der Waals surface area (Å²) in [6, 6.07) is 14.9. The standard InChI is InChI=1S/C25H30N6O3/c32-15-14-29-10-12-30(13-11-29)24-26-23(19-5-3-6-20(34)16-19)27-25(28-24)31-9-8-18-4-1-2-7-21(18)22(31)17-33/h1-7,16,22,32-34H,8-15,17H2. The summed E-state index contributed by atoms with van der Waals surface area (Å²) in [5.74, 6) is 1.75. The van der Waals surface area contributed by atoms with Gasteiger partial charge in [-0.25, -0.2) is 0 Å². The predicted octanol–water partition coefficient (Wildman–Crippen LogP) is 1.45. The van der Waals surface area contributed by atoms with Crippen molar-refractivity contribution < 1.29 is 15.3 Å². The van der Waals surface area contributed by atoms with Gasteiger partial charge in [0.1, 0.15) is 5.75 Å². The fraction of sp³-hybridized carbons (Fsp3) is 0.400. The van der Waals surface area contributed by atoms with E-state index >= 15 is 0 Å². The lowest BCUT2D eigenvalue weighted by Gasteiger charge is -2.37. The van der Waals surface area contributed by atoms with Gasteiger partial charge in [0, 0.05) is 44.8 Å². The maximum Gasteiger partial charge on any atom is 0.231 e. The largest absolute Gasteiger partial charge is 0.508 e. The van der Waals surface area contributed by atoms with Gasteiger partial charge >= 0.3 is 0 Å². The van der Waals surface area contributed by atoms with E-state index in [1.807, 2.05) is 18.2 Å². The van der Waals surface area contributed by atoms with Gasteiger partial charge in [-0.2, -0.15) is 15.0 Å². The summed E-state index contributed by atoms with van der Waals surface area (Å²) < 4.78 is 0.